The van der Waals surface area contributed by atoms with Gasteiger partial charge in [0, 0.05) is 16.3 Å². The molecule has 0 aromatic heterocycles. The van der Waals surface area contributed by atoms with Crippen LogP contribution >= 0.6 is 24.0 Å². The Bertz CT molecular complexity index is 1030. The van der Waals surface area contributed by atoms with Crippen LogP contribution in [0.4, 0.5) is 21.5 Å². The van der Waals surface area contributed by atoms with Crippen molar-refractivity contribution in [1.82, 2.24) is 0 Å². The van der Waals surface area contributed by atoms with Crippen LogP contribution in [0, 0.1) is 5.82 Å². The lowest BCUT2D eigenvalue weighted by Crippen LogP contribution is -2.19. The Balaban J connectivity index is 1.53. The van der Waals surface area contributed by atoms with Crippen molar-refractivity contribution >= 4 is 52.1 Å². The van der Waals surface area contributed by atoms with Gasteiger partial charge < -0.3 is 20.7 Å². The minimum atomic E-state index is -0.343. The number of methoxy groups -OCH3 is 1. The fourth-order valence-corrected chi connectivity index (χ4v) is 3.56. The van der Waals surface area contributed by atoms with Crippen molar-refractivity contribution in [3.05, 3.63) is 78.6 Å². The van der Waals surface area contributed by atoms with Gasteiger partial charge >= 0.3 is 0 Å². The highest BCUT2D eigenvalue weighted by Gasteiger charge is 2.07. The molecule has 3 aromatic rings. The van der Waals surface area contributed by atoms with E-state index < -0.39 is 0 Å². The number of hydrogen-bond donors (Lipinski definition) is 3. The maximum atomic E-state index is 12.9. The number of halogens is 1. The molecule has 0 unspecified atom stereocenters. The summed E-state index contributed by atoms with van der Waals surface area (Å²) in [5.74, 6) is 0.409. The lowest BCUT2D eigenvalue weighted by atomic mass is 10.3. The van der Waals surface area contributed by atoms with E-state index in [0.717, 1.165) is 16.3 Å². The van der Waals surface area contributed by atoms with Crippen LogP contribution in [0.1, 0.15) is 0 Å². The largest absolute Gasteiger partial charge is 0.495 e. The minimum Gasteiger partial charge on any atom is -0.495 e. The van der Waals surface area contributed by atoms with E-state index in [1.807, 2.05) is 48.5 Å². The number of hydrogen-bond acceptors (Lipinski definition) is 4. The molecule has 0 fully saturated rings. The molecule has 0 heterocycles. The van der Waals surface area contributed by atoms with Gasteiger partial charge in [-0.25, -0.2) is 4.39 Å². The van der Waals surface area contributed by atoms with Crippen LogP contribution in [-0.4, -0.2) is 23.9 Å². The van der Waals surface area contributed by atoms with Crippen molar-refractivity contribution in [2.45, 2.75) is 4.90 Å². The second-order valence-electron chi connectivity index (χ2n) is 6.15. The molecular weight excluding hydrogens is 421 g/mol. The summed E-state index contributed by atoms with van der Waals surface area (Å²) in [5.41, 5.74) is 2.12. The Hall–Kier alpha value is -3.10. The molecule has 3 N–H and O–H groups in total. The van der Waals surface area contributed by atoms with Crippen LogP contribution in [-0.2, 0) is 4.79 Å². The summed E-state index contributed by atoms with van der Waals surface area (Å²) in [7, 11) is 1.60. The number of nitrogens with one attached hydrogen (secondary N) is 3. The molecular formula is C22H20FN3O2S2. The minimum absolute atomic E-state index is 0.168. The summed E-state index contributed by atoms with van der Waals surface area (Å²) in [6.07, 6.45) is 0. The number of carbonyl (C=O) groups excluding carboxylic acids is 1. The Morgan fingerprint density at radius 1 is 0.967 bits per heavy atom. The van der Waals surface area contributed by atoms with E-state index in [2.05, 4.69) is 16.0 Å². The molecule has 0 bridgehead atoms. The maximum absolute atomic E-state index is 12.9. The Kier molecular flexibility index (Phi) is 7.64. The third-order valence-corrected chi connectivity index (χ3v) is 5.14. The molecule has 3 rings (SSSR count). The third kappa shape index (κ3) is 6.47. The lowest BCUT2D eigenvalue weighted by Gasteiger charge is -2.13. The third-order valence-electron chi connectivity index (χ3n) is 3.94. The van der Waals surface area contributed by atoms with E-state index in [-0.39, 0.29) is 17.5 Å². The van der Waals surface area contributed by atoms with Crippen molar-refractivity contribution in [1.29, 1.82) is 0 Å². The monoisotopic (exact) mass is 441 g/mol. The van der Waals surface area contributed by atoms with E-state index in [9.17, 15) is 9.18 Å². The normalized spacial score (nSPS) is 10.2. The summed E-state index contributed by atoms with van der Waals surface area (Å²) in [6, 6.07) is 20.7. The molecule has 0 saturated carbocycles. The first-order valence-electron chi connectivity index (χ1n) is 9.03. The molecule has 0 aliphatic heterocycles. The zero-order chi connectivity index (χ0) is 21.3. The van der Waals surface area contributed by atoms with Gasteiger partial charge in [-0.15, -0.1) is 11.8 Å². The van der Waals surface area contributed by atoms with Gasteiger partial charge in [0.05, 0.1) is 18.6 Å². The van der Waals surface area contributed by atoms with Gasteiger partial charge in [-0.3, -0.25) is 4.79 Å². The van der Waals surface area contributed by atoms with Crippen LogP contribution in [0.5, 0.6) is 5.75 Å². The van der Waals surface area contributed by atoms with E-state index in [1.165, 1.54) is 36.0 Å². The summed E-state index contributed by atoms with van der Waals surface area (Å²) in [4.78, 5) is 13.0. The first kappa shape index (κ1) is 21.6. The van der Waals surface area contributed by atoms with Crippen LogP contribution in [0.2, 0.25) is 0 Å². The molecule has 3 aromatic carbocycles. The van der Waals surface area contributed by atoms with Gasteiger partial charge in [0.25, 0.3) is 0 Å². The number of amides is 1. The lowest BCUT2D eigenvalue weighted by molar-refractivity contribution is -0.113. The summed E-state index contributed by atoms with van der Waals surface area (Å²) in [5, 5.41) is 9.41. The number of ether oxygens (including phenoxy) is 1. The van der Waals surface area contributed by atoms with Gasteiger partial charge in [0.1, 0.15) is 11.6 Å². The highest BCUT2D eigenvalue weighted by atomic mass is 32.2. The number of thiocarbonyl (C=S) groups is 1. The molecule has 0 atom stereocenters. The summed E-state index contributed by atoms with van der Waals surface area (Å²) >= 11 is 6.77. The Labute approximate surface area is 184 Å². The smallest absolute Gasteiger partial charge is 0.234 e. The average Bonchev–Trinajstić information content (AvgIpc) is 2.74. The first-order valence-corrected chi connectivity index (χ1v) is 10.4. The number of benzene rings is 3. The van der Waals surface area contributed by atoms with Gasteiger partial charge in [0.2, 0.25) is 5.91 Å². The van der Waals surface area contributed by atoms with Crippen molar-refractivity contribution in [3.8, 4) is 5.75 Å². The molecule has 0 saturated heterocycles. The fourth-order valence-electron chi connectivity index (χ4n) is 2.58. The molecule has 5 nitrogen and oxygen atoms in total. The molecule has 154 valence electrons. The van der Waals surface area contributed by atoms with Crippen molar-refractivity contribution in [2.24, 2.45) is 0 Å². The molecule has 0 radical (unpaired) electrons. The van der Waals surface area contributed by atoms with E-state index in [4.69, 9.17) is 17.0 Å². The van der Waals surface area contributed by atoms with E-state index in [1.54, 1.807) is 7.11 Å². The molecule has 0 aliphatic carbocycles. The van der Waals surface area contributed by atoms with E-state index in [0.29, 0.717) is 16.5 Å². The fraction of sp³-hybridized carbons (Fsp3) is 0.0909. The molecule has 30 heavy (non-hydrogen) atoms. The first-order chi connectivity index (χ1) is 14.5. The molecule has 0 aliphatic rings. The number of thioether (sulfide) groups is 1. The standard InChI is InChI=1S/C22H20FN3O2S2/c1-28-20-8-3-2-7-19(20)26-22(29)25-17-5-4-6-18(13-17)30-14-21(27)24-16-11-9-15(23)10-12-16/h2-13H,14H2,1H3,(H,24,27)(H2,25,26,29). The Morgan fingerprint density at radius 2 is 1.73 bits per heavy atom. The highest BCUT2D eigenvalue weighted by Crippen LogP contribution is 2.25. The molecule has 0 spiro atoms. The predicted octanol–water partition coefficient (Wildman–Crippen LogP) is 5.37. The quantitative estimate of drug-likeness (QED) is 0.338. The number of rotatable bonds is 7. The van der Waals surface area contributed by atoms with Crippen LogP contribution in [0.3, 0.4) is 0 Å². The summed E-state index contributed by atoms with van der Waals surface area (Å²) in [6.45, 7) is 0. The van der Waals surface area contributed by atoms with Gasteiger partial charge in [0.15, 0.2) is 5.11 Å². The second kappa shape index (κ2) is 10.6. The van der Waals surface area contributed by atoms with Gasteiger partial charge in [-0.05, 0) is 66.8 Å². The van der Waals surface area contributed by atoms with Gasteiger partial charge in [-0.2, -0.15) is 0 Å². The predicted molar refractivity (Wildman–Crippen MR) is 125 cm³/mol. The molecule has 1 amide bonds. The number of anilines is 3. The highest BCUT2D eigenvalue weighted by molar-refractivity contribution is 8.00. The average molecular weight is 442 g/mol. The maximum Gasteiger partial charge on any atom is 0.234 e. The van der Waals surface area contributed by atoms with Crippen molar-refractivity contribution in [3.63, 3.8) is 0 Å². The van der Waals surface area contributed by atoms with E-state index >= 15 is 0 Å². The number of para-hydroxylation sites is 2. The zero-order valence-electron chi connectivity index (χ0n) is 16.1. The Morgan fingerprint density at radius 3 is 2.50 bits per heavy atom. The topological polar surface area (TPSA) is 62.4 Å². The zero-order valence-corrected chi connectivity index (χ0v) is 17.8. The van der Waals surface area contributed by atoms with Crippen LogP contribution < -0.4 is 20.7 Å². The second-order valence-corrected chi connectivity index (χ2v) is 7.61. The SMILES string of the molecule is COc1ccccc1NC(=S)Nc1cccc(SCC(=O)Nc2ccc(F)cc2)c1. The molecule has 8 heteroatoms. The van der Waals surface area contributed by atoms with Gasteiger partial charge in [-0.1, -0.05) is 18.2 Å². The van der Waals surface area contributed by atoms with Crippen molar-refractivity contribution < 1.29 is 13.9 Å². The number of carbonyl (C=O) groups is 1. The summed E-state index contributed by atoms with van der Waals surface area (Å²) < 4.78 is 18.2. The van der Waals surface area contributed by atoms with Crippen molar-refractivity contribution in [2.75, 3.05) is 28.8 Å². The van der Waals surface area contributed by atoms with Crippen LogP contribution in [0.25, 0.3) is 0 Å². The van der Waals surface area contributed by atoms with Crippen LogP contribution in [0.15, 0.2) is 77.7 Å².